The van der Waals surface area contributed by atoms with E-state index in [9.17, 15) is 18.0 Å². The van der Waals surface area contributed by atoms with Gasteiger partial charge in [-0.1, -0.05) is 85.1 Å². The van der Waals surface area contributed by atoms with E-state index in [4.69, 9.17) is 16.3 Å². The van der Waals surface area contributed by atoms with Crippen molar-refractivity contribution in [3.63, 3.8) is 0 Å². The topological polar surface area (TPSA) is 96.0 Å². The van der Waals surface area contributed by atoms with Crippen molar-refractivity contribution in [2.24, 2.45) is 0 Å². The number of ether oxygens (including phenoxy) is 1. The zero-order valence-corrected chi connectivity index (χ0v) is 25.5. The van der Waals surface area contributed by atoms with E-state index in [2.05, 4.69) is 5.32 Å². The average Bonchev–Trinajstić information content (AvgIpc) is 2.94. The molecule has 0 bridgehead atoms. The summed E-state index contributed by atoms with van der Waals surface area (Å²) in [6.07, 6.45) is 3.00. The number of amides is 2. The quantitative estimate of drug-likeness (QED) is 0.264. The average molecular weight is 600 g/mol. The van der Waals surface area contributed by atoms with E-state index in [-0.39, 0.29) is 29.6 Å². The van der Waals surface area contributed by atoms with Crippen LogP contribution in [-0.2, 0) is 32.6 Å². The Kier molecular flexibility index (Phi) is 11.6. The second-order valence-corrected chi connectivity index (χ2v) is 12.3. The maximum absolute atomic E-state index is 14.1. The molecule has 0 aliphatic carbocycles. The summed E-state index contributed by atoms with van der Waals surface area (Å²) in [4.78, 5) is 29.2. The molecule has 3 aromatic rings. The Hall–Kier alpha value is -3.56. The Labute approximate surface area is 248 Å². The first-order valence-electron chi connectivity index (χ1n) is 13.5. The van der Waals surface area contributed by atoms with Crippen LogP contribution in [0.1, 0.15) is 36.5 Å². The lowest BCUT2D eigenvalue weighted by atomic mass is 10.0. The van der Waals surface area contributed by atoms with Crippen LogP contribution in [0.3, 0.4) is 0 Å². The monoisotopic (exact) mass is 599 g/mol. The Balaban J connectivity index is 2.04. The number of sulfonamides is 1. The fraction of sp³-hybridized carbons (Fsp3) is 0.355. The molecule has 220 valence electrons. The molecule has 8 nitrogen and oxygen atoms in total. The predicted octanol–water partition coefficient (Wildman–Crippen LogP) is 4.98. The van der Waals surface area contributed by atoms with E-state index >= 15 is 0 Å². The Bertz CT molecular complexity index is 1420. The fourth-order valence-electron chi connectivity index (χ4n) is 4.37. The third-order valence-electron chi connectivity index (χ3n) is 6.68. The van der Waals surface area contributed by atoms with Crippen molar-refractivity contribution in [1.29, 1.82) is 0 Å². The summed E-state index contributed by atoms with van der Waals surface area (Å²) >= 11 is 6.29. The lowest BCUT2D eigenvalue weighted by Crippen LogP contribution is -2.53. The van der Waals surface area contributed by atoms with E-state index in [1.54, 1.807) is 6.07 Å². The van der Waals surface area contributed by atoms with Gasteiger partial charge in [-0.3, -0.25) is 13.9 Å². The largest absolute Gasteiger partial charge is 0.495 e. The second kappa shape index (κ2) is 14.9. The first-order chi connectivity index (χ1) is 19.5. The van der Waals surface area contributed by atoms with Crippen molar-refractivity contribution in [2.75, 3.05) is 30.8 Å². The highest BCUT2D eigenvalue weighted by Gasteiger charge is 2.33. The van der Waals surface area contributed by atoms with Crippen LogP contribution in [0, 0.1) is 6.92 Å². The lowest BCUT2D eigenvalue weighted by molar-refractivity contribution is -0.140. The molecule has 2 amide bonds. The van der Waals surface area contributed by atoms with Gasteiger partial charge in [-0.15, -0.1) is 0 Å². The molecule has 1 N–H and O–H groups in total. The highest BCUT2D eigenvalue weighted by molar-refractivity contribution is 7.92. The normalized spacial score (nSPS) is 11.9. The number of rotatable bonds is 14. The number of halogens is 1. The summed E-state index contributed by atoms with van der Waals surface area (Å²) in [7, 11) is -2.44. The van der Waals surface area contributed by atoms with Gasteiger partial charge in [0.1, 0.15) is 18.3 Å². The zero-order chi connectivity index (χ0) is 30.0. The van der Waals surface area contributed by atoms with Crippen molar-refractivity contribution in [1.82, 2.24) is 10.2 Å². The molecular formula is C31H38ClN3O5S. The maximum Gasteiger partial charge on any atom is 0.244 e. The number of aryl methyl sites for hydroxylation is 1. The number of hydrogen-bond acceptors (Lipinski definition) is 5. The van der Waals surface area contributed by atoms with Crippen molar-refractivity contribution in [3.8, 4) is 5.75 Å². The number of carbonyl (C=O) groups excluding carboxylic acids is 2. The summed E-state index contributed by atoms with van der Waals surface area (Å²) in [5.41, 5.74) is 2.98. The third kappa shape index (κ3) is 9.23. The van der Waals surface area contributed by atoms with Crippen molar-refractivity contribution in [3.05, 3.63) is 94.5 Å². The molecule has 3 rings (SSSR count). The van der Waals surface area contributed by atoms with Crippen LogP contribution in [0.25, 0.3) is 0 Å². The van der Waals surface area contributed by atoms with Gasteiger partial charge in [0.05, 0.1) is 24.1 Å². The van der Waals surface area contributed by atoms with Gasteiger partial charge in [-0.2, -0.15) is 0 Å². The number of anilines is 1. The van der Waals surface area contributed by atoms with Crippen LogP contribution in [0.15, 0.2) is 72.8 Å². The van der Waals surface area contributed by atoms with Gasteiger partial charge in [0.25, 0.3) is 0 Å². The Morgan fingerprint density at radius 1 is 1.00 bits per heavy atom. The minimum atomic E-state index is -3.90. The van der Waals surface area contributed by atoms with Gasteiger partial charge in [0, 0.05) is 19.5 Å². The molecule has 0 aromatic heterocycles. The van der Waals surface area contributed by atoms with Crippen LogP contribution < -0.4 is 14.4 Å². The molecule has 0 aliphatic heterocycles. The molecule has 0 radical (unpaired) electrons. The Morgan fingerprint density at radius 3 is 2.27 bits per heavy atom. The van der Waals surface area contributed by atoms with Gasteiger partial charge in [0.15, 0.2) is 0 Å². The van der Waals surface area contributed by atoms with E-state index in [1.165, 1.54) is 24.1 Å². The van der Waals surface area contributed by atoms with Gasteiger partial charge in [0.2, 0.25) is 21.8 Å². The van der Waals surface area contributed by atoms with Gasteiger partial charge < -0.3 is 15.0 Å². The zero-order valence-electron chi connectivity index (χ0n) is 24.0. The lowest BCUT2D eigenvalue weighted by Gasteiger charge is -2.33. The Morgan fingerprint density at radius 2 is 1.68 bits per heavy atom. The molecule has 10 heteroatoms. The van der Waals surface area contributed by atoms with Gasteiger partial charge >= 0.3 is 0 Å². The van der Waals surface area contributed by atoms with Crippen molar-refractivity contribution in [2.45, 2.75) is 45.7 Å². The summed E-state index contributed by atoms with van der Waals surface area (Å²) in [5, 5.41) is 3.18. The number of unbranched alkanes of at least 4 members (excludes halogenated alkanes) is 1. The second-order valence-electron chi connectivity index (χ2n) is 9.95. The van der Waals surface area contributed by atoms with Crippen LogP contribution >= 0.6 is 11.6 Å². The van der Waals surface area contributed by atoms with Crippen LogP contribution in [0.5, 0.6) is 5.75 Å². The maximum atomic E-state index is 14.1. The van der Waals surface area contributed by atoms with Gasteiger partial charge in [-0.25, -0.2) is 8.42 Å². The standard InChI is InChI=1S/C31H38ClN3O5S/c1-5-6-18-33-31(37)28(19-24-10-8-7-9-11-24)34(21-25-14-12-23(2)13-15-25)30(36)22-35(41(4,38)39)26-16-17-29(40-3)27(32)20-26/h7-17,20,28H,5-6,18-19,21-22H2,1-4H3,(H,33,37)/t28-/m0/s1. The summed E-state index contributed by atoms with van der Waals surface area (Å²) in [6, 6.07) is 20.8. The van der Waals surface area contributed by atoms with Crippen LogP contribution in [0.2, 0.25) is 5.02 Å². The van der Waals surface area contributed by atoms with Crippen molar-refractivity contribution < 1.29 is 22.7 Å². The SMILES string of the molecule is CCCCNC(=O)[C@H](Cc1ccccc1)N(Cc1ccc(C)cc1)C(=O)CN(c1ccc(OC)c(Cl)c1)S(C)(=O)=O. The number of hydrogen-bond donors (Lipinski definition) is 1. The van der Waals surface area contributed by atoms with Crippen LogP contribution in [-0.4, -0.2) is 57.6 Å². The molecular weight excluding hydrogens is 562 g/mol. The molecule has 0 saturated carbocycles. The minimum absolute atomic E-state index is 0.124. The third-order valence-corrected chi connectivity index (χ3v) is 8.11. The number of nitrogens with zero attached hydrogens (tertiary/aromatic N) is 2. The summed E-state index contributed by atoms with van der Waals surface area (Å²) < 4.78 is 32.0. The molecule has 0 heterocycles. The minimum Gasteiger partial charge on any atom is -0.495 e. The summed E-state index contributed by atoms with van der Waals surface area (Å²) in [6.45, 7) is 4.09. The van der Waals surface area contributed by atoms with E-state index in [0.29, 0.717) is 12.3 Å². The highest BCUT2D eigenvalue weighted by Crippen LogP contribution is 2.30. The predicted molar refractivity (Wildman–Crippen MR) is 164 cm³/mol. The van der Waals surface area contributed by atoms with Gasteiger partial charge in [-0.05, 0) is 42.7 Å². The summed E-state index contributed by atoms with van der Waals surface area (Å²) in [5.74, 6) is -0.432. The first-order valence-corrected chi connectivity index (χ1v) is 15.7. The number of benzene rings is 3. The molecule has 0 spiro atoms. The molecule has 3 aromatic carbocycles. The first kappa shape index (κ1) is 32.0. The number of nitrogens with one attached hydrogen (secondary N) is 1. The smallest absolute Gasteiger partial charge is 0.244 e. The molecule has 1 atom stereocenters. The fourth-order valence-corrected chi connectivity index (χ4v) is 5.47. The number of methoxy groups -OCH3 is 1. The molecule has 0 fully saturated rings. The highest BCUT2D eigenvalue weighted by atomic mass is 35.5. The molecule has 0 aliphatic rings. The molecule has 0 unspecified atom stereocenters. The molecule has 0 saturated heterocycles. The van der Waals surface area contributed by atoms with Crippen molar-refractivity contribution >= 4 is 39.1 Å². The van der Waals surface area contributed by atoms with E-state index in [0.717, 1.165) is 40.1 Å². The van der Waals surface area contributed by atoms with Crippen LogP contribution in [0.4, 0.5) is 5.69 Å². The number of carbonyl (C=O) groups is 2. The molecule has 41 heavy (non-hydrogen) atoms. The van der Waals surface area contributed by atoms with E-state index < -0.39 is 28.5 Å². The van der Waals surface area contributed by atoms with E-state index in [1.807, 2.05) is 68.4 Å².